The van der Waals surface area contributed by atoms with Crippen LogP contribution in [0.3, 0.4) is 0 Å². The maximum atomic E-state index is 14.2. The fourth-order valence-electron chi connectivity index (χ4n) is 8.59. The first-order valence-corrected chi connectivity index (χ1v) is 23.3. The molecule has 0 bridgehead atoms. The van der Waals surface area contributed by atoms with Crippen LogP contribution < -0.4 is 31.5 Å². The van der Waals surface area contributed by atoms with Crippen molar-refractivity contribution in [3.8, 4) is 5.82 Å². The minimum absolute atomic E-state index is 0.00335. The number of aromatic nitrogens is 7. The molecule has 0 saturated carbocycles. The van der Waals surface area contributed by atoms with E-state index in [1.165, 1.54) is 10.9 Å². The molecule has 2 aliphatic heterocycles. The summed E-state index contributed by atoms with van der Waals surface area (Å²) >= 11 is 0. The largest absolute Gasteiger partial charge is 0.385 e. The number of ether oxygens (including phenoxy) is 1. The van der Waals surface area contributed by atoms with Gasteiger partial charge in [-0.2, -0.15) is 15.2 Å². The number of nitrogens with zero attached hydrogens (tertiary/aromatic N) is 7. The summed E-state index contributed by atoms with van der Waals surface area (Å²) in [5, 5.41) is 26.6. The fraction of sp³-hybridized carbons (Fsp3) is 0.479. The number of hydrogen-bond donors (Lipinski definition) is 6. The third kappa shape index (κ3) is 13.4. The van der Waals surface area contributed by atoms with Gasteiger partial charge in [0.25, 0.3) is 5.91 Å². The van der Waals surface area contributed by atoms with Crippen LogP contribution in [0, 0.1) is 19.7 Å². The maximum absolute atomic E-state index is 14.2. The summed E-state index contributed by atoms with van der Waals surface area (Å²) in [6.07, 6.45) is 13.3. The highest BCUT2D eigenvalue weighted by atomic mass is 19.1. The Balaban J connectivity index is 0.841. The lowest BCUT2D eigenvalue weighted by Gasteiger charge is -2.40. The van der Waals surface area contributed by atoms with Gasteiger partial charge in [-0.15, -0.1) is 0 Å². The number of pyridine rings is 1. The zero-order valence-electron chi connectivity index (χ0n) is 38.6. The van der Waals surface area contributed by atoms with E-state index >= 15 is 0 Å². The minimum Gasteiger partial charge on any atom is -0.385 e. The number of amides is 4. The Labute approximate surface area is 390 Å². The molecule has 67 heavy (non-hydrogen) atoms. The maximum Gasteiger partial charge on any atom is 0.252 e. The molecule has 0 aliphatic carbocycles. The Hall–Kier alpha value is -6.76. The van der Waals surface area contributed by atoms with Gasteiger partial charge in [0.2, 0.25) is 23.7 Å². The highest BCUT2D eigenvalue weighted by Crippen LogP contribution is 2.31. The Kier molecular flexibility index (Phi) is 16.6. The number of rotatable bonds is 23. The Bertz CT molecular complexity index is 2450. The summed E-state index contributed by atoms with van der Waals surface area (Å²) in [7, 11) is 1.56. The third-order valence-corrected chi connectivity index (χ3v) is 12.4. The van der Waals surface area contributed by atoms with Gasteiger partial charge in [0.05, 0.1) is 24.4 Å². The predicted molar refractivity (Wildman–Crippen MR) is 251 cm³/mol. The number of halogens is 1. The van der Waals surface area contributed by atoms with Crippen LogP contribution in [-0.2, 0) is 23.9 Å². The Morgan fingerprint density at radius 1 is 0.940 bits per heavy atom. The summed E-state index contributed by atoms with van der Waals surface area (Å²) < 4.78 is 21.1. The highest BCUT2D eigenvalue weighted by molar-refractivity contribution is 6.01. The molecule has 18 nitrogen and oxygen atoms in total. The number of imide groups is 1. The summed E-state index contributed by atoms with van der Waals surface area (Å²) in [6, 6.07) is 14.7. The molecule has 6 N–H and O–H groups in total. The minimum atomic E-state index is -1.09. The van der Waals surface area contributed by atoms with Crippen molar-refractivity contribution in [3.05, 3.63) is 95.5 Å². The quantitative estimate of drug-likeness (QED) is 0.0309. The normalized spacial score (nSPS) is 16.3. The molecule has 5 aromatic rings. The first-order valence-electron chi connectivity index (χ1n) is 23.3. The van der Waals surface area contributed by atoms with Crippen LogP contribution in [0.2, 0.25) is 0 Å². The molecule has 1 aromatic carbocycles. The lowest BCUT2D eigenvalue weighted by atomic mass is 9.89. The van der Waals surface area contributed by atoms with E-state index in [9.17, 15) is 23.6 Å². The predicted octanol–water partition coefficient (Wildman–Crippen LogP) is 6.38. The standard InChI is InChI=1S/C48H62FN13O5/c1-32-26-40(56-41-27-33(2)59-60-41)57-47(54-32)61-24-20-48(67-3,21-25-61)46(66)55-39(35-16-18-42(52-29-35)62-31-36(49)30-53-62)14-11-23-51-43(63)15-8-6-4-5-7-9-22-50-37-13-10-12-34(28-37)38-17-19-44(64)58-45(38)65/h10,12-13,16,18,26-31,38-39,50H,4-9,11,14-15,17,19-25H2,1-3H3,(H,51,63)(H,55,66)(H,58,64,65)(H2,54,56,57,59,60)/t38?,39-/m0/s1. The first-order chi connectivity index (χ1) is 32.5. The van der Waals surface area contributed by atoms with Crippen molar-refractivity contribution in [2.45, 2.75) is 115 Å². The number of piperidine rings is 2. The number of carbonyl (C=O) groups excluding carboxylic acids is 4. The molecule has 1 unspecified atom stereocenters. The number of unbranched alkanes of at least 4 members (excludes halogenated alkanes) is 5. The molecule has 4 amide bonds. The molecule has 2 atom stereocenters. The topological polar surface area (TPSA) is 226 Å². The van der Waals surface area contributed by atoms with E-state index in [2.05, 4.69) is 56.7 Å². The summed E-state index contributed by atoms with van der Waals surface area (Å²) in [5.74, 6) is 0.817. The van der Waals surface area contributed by atoms with Crippen LogP contribution in [-0.4, -0.2) is 97.4 Å². The van der Waals surface area contributed by atoms with Gasteiger partial charge in [0.15, 0.2) is 17.5 Å². The van der Waals surface area contributed by atoms with E-state index in [1.54, 1.807) is 19.4 Å². The van der Waals surface area contributed by atoms with E-state index in [1.807, 2.05) is 56.3 Å². The SMILES string of the molecule is COC1(C(=O)N[C@@H](CCCNC(=O)CCCCCCCCNc2cccc(C3CCC(=O)NC3=O)c2)c2ccc(-n3cc(F)cn3)nc2)CCN(c2nc(C)cc(Nc3cc(C)[nH]n3)n2)CC1. The van der Waals surface area contributed by atoms with Gasteiger partial charge in [-0.25, -0.2) is 19.0 Å². The van der Waals surface area contributed by atoms with Crippen molar-refractivity contribution in [3.63, 3.8) is 0 Å². The molecular weight excluding hydrogens is 858 g/mol. The van der Waals surface area contributed by atoms with Crippen molar-refractivity contribution in [2.24, 2.45) is 0 Å². The van der Waals surface area contributed by atoms with Crippen molar-refractivity contribution >= 4 is 46.9 Å². The Morgan fingerprint density at radius 3 is 2.46 bits per heavy atom. The molecular formula is C48H62FN13O5. The summed E-state index contributed by atoms with van der Waals surface area (Å²) in [5.41, 5.74) is 3.27. The van der Waals surface area contributed by atoms with Crippen LogP contribution in [0.4, 0.5) is 27.7 Å². The third-order valence-electron chi connectivity index (χ3n) is 12.4. The van der Waals surface area contributed by atoms with Crippen molar-refractivity contribution in [2.75, 3.05) is 48.8 Å². The molecule has 7 rings (SSSR count). The van der Waals surface area contributed by atoms with Crippen molar-refractivity contribution in [1.29, 1.82) is 0 Å². The average Bonchev–Trinajstić information content (AvgIpc) is 3.96. The van der Waals surface area contributed by atoms with E-state index in [-0.39, 0.29) is 29.5 Å². The second-order valence-electron chi connectivity index (χ2n) is 17.4. The first kappa shape index (κ1) is 48.2. The molecule has 0 spiro atoms. The van der Waals surface area contributed by atoms with Gasteiger partial charge in [-0.05, 0) is 75.3 Å². The lowest BCUT2D eigenvalue weighted by molar-refractivity contribution is -0.147. The van der Waals surface area contributed by atoms with Crippen molar-refractivity contribution in [1.82, 2.24) is 50.9 Å². The number of H-pyrrole nitrogens is 1. The number of carbonyl (C=O) groups is 4. The molecule has 19 heteroatoms. The number of aromatic amines is 1. The molecule has 4 aromatic heterocycles. The molecule has 0 radical (unpaired) electrons. The van der Waals surface area contributed by atoms with E-state index < -0.39 is 17.5 Å². The molecule has 2 aliphatic rings. The summed E-state index contributed by atoms with van der Waals surface area (Å²) in [4.78, 5) is 66.8. The molecule has 2 saturated heterocycles. The van der Waals surface area contributed by atoms with Crippen LogP contribution in [0.25, 0.3) is 5.82 Å². The van der Waals surface area contributed by atoms with Crippen LogP contribution in [0.1, 0.15) is 118 Å². The number of aryl methyl sites for hydroxylation is 2. The number of benzene rings is 1. The van der Waals surface area contributed by atoms with E-state index in [0.29, 0.717) is 88.0 Å². The number of anilines is 4. The average molecular weight is 920 g/mol. The zero-order chi connectivity index (χ0) is 47.2. The molecule has 2 fully saturated rings. The second kappa shape index (κ2) is 23.1. The molecule has 6 heterocycles. The number of methoxy groups -OCH3 is 1. The number of hydrogen-bond acceptors (Lipinski definition) is 13. The zero-order valence-corrected chi connectivity index (χ0v) is 38.6. The van der Waals surface area contributed by atoms with E-state index in [4.69, 9.17) is 9.72 Å². The lowest BCUT2D eigenvalue weighted by Crippen LogP contribution is -2.55. The van der Waals surface area contributed by atoms with E-state index in [0.717, 1.165) is 79.5 Å². The van der Waals surface area contributed by atoms with Gasteiger partial charge in [-0.1, -0.05) is 43.9 Å². The van der Waals surface area contributed by atoms with Gasteiger partial charge >= 0.3 is 0 Å². The second-order valence-corrected chi connectivity index (χ2v) is 17.4. The van der Waals surface area contributed by atoms with Gasteiger partial charge in [0, 0.05) is 94.4 Å². The van der Waals surface area contributed by atoms with Gasteiger partial charge in [-0.3, -0.25) is 29.6 Å². The molecule has 356 valence electrons. The summed E-state index contributed by atoms with van der Waals surface area (Å²) in [6.45, 7) is 6.08. The number of nitrogens with one attached hydrogen (secondary N) is 6. The van der Waals surface area contributed by atoms with Gasteiger partial charge < -0.3 is 30.9 Å². The van der Waals surface area contributed by atoms with Crippen LogP contribution in [0.15, 0.2) is 67.1 Å². The highest BCUT2D eigenvalue weighted by Gasteiger charge is 2.43. The monoisotopic (exact) mass is 919 g/mol. The van der Waals surface area contributed by atoms with Crippen molar-refractivity contribution < 1.29 is 28.3 Å². The fourth-order valence-corrected chi connectivity index (χ4v) is 8.59. The van der Waals surface area contributed by atoms with Crippen LogP contribution in [0.5, 0.6) is 0 Å². The van der Waals surface area contributed by atoms with Crippen LogP contribution >= 0.6 is 0 Å². The van der Waals surface area contributed by atoms with Gasteiger partial charge in [0.1, 0.15) is 11.4 Å². The Morgan fingerprint density at radius 2 is 1.75 bits per heavy atom. The smallest absolute Gasteiger partial charge is 0.252 e.